The van der Waals surface area contributed by atoms with Gasteiger partial charge in [0, 0.05) is 23.1 Å². The summed E-state index contributed by atoms with van der Waals surface area (Å²) in [6, 6.07) is 10.5. The second-order valence-electron chi connectivity index (χ2n) is 4.74. The van der Waals surface area contributed by atoms with Crippen molar-refractivity contribution >= 4 is 21.4 Å². The van der Waals surface area contributed by atoms with E-state index in [4.69, 9.17) is 0 Å². The third-order valence-corrected chi connectivity index (χ3v) is 4.37. The highest BCUT2D eigenvalue weighted by Gasteiger charge is 2.10. The molecular weight excluding hydrogens is 300 g/mol. The van der Waals surface area contributed by atoms with Gasteiger partial charge in [-0.1, -0.05) is 30.3 Å². The number of benzene rings is 1. The minimum atomic E-state index is 0.955. The summed E-state index contributed by atoms with van der Waals surface area (Å²) in [5.41, 5.74) is 4.93. The number of nitrogens with zero attached hydrogens (tertiary/aromatic N) is 2. The van der Waals surface area contributed by atoms with Crippen molar-refractivity contribution in [2.75, 3.05) is 0 Å². The maximum Gasteiger partial charge on any atom is 0.0813 e. The zero-order valence-corrected chi connectivity index (χ0v) is 12.4. The van der Waals surface area contributed by atoms with Gasteiger partial charge in [0.25, 0.3) is 0 Å². The summed E-state index contributed by atoms with van der Waals surface area (Å²) in [5.74, 6) is 0. The zero-order valence-electron chi connectivity index (χ0n) is 10.8. The van der Waals surface area contributed by atoms with E-state index in [-0.39, 0.29) is 0 Å². The van der Waals surface area contributed by atoms with E-state index in [0.717, 1.165) is 23.0 Å². The molecule has 0 saturated carbocycles. The minimum absolute atomic E-state index is 0.955. The van der Waals surface area contributed by atoms with E-state index in [1.807, 2.05) is 12.4 Å². The summed E-state index contributed by atoms with van der Waals surface area (Å²) in [6.45, 7) is 2.11. The zero-order chi connectivity index (χ0) is 13.2. The molecule has 0 fully saturated rings. The van der Waals surface area contributed by atoms with E-state index in [1.54, 1.807) is 0 Å². The second kappa shape index (κ2) is 5.17. The van der Waals surface area contributed by atoms with E-state index in [2.05, 4.69) is 68.8 Å². The molecular formula is C16H15BrN2. The Hall–Kier alpha value is -1.61. The molecule has 3 aromatic rings. The van der Waals surface area contributed by atoms with Crippen molar-refractivity contribution in [2.45, 2.75) is 19.8 Å². The quantitative estimate of drug-likeness (QED) is 0.708. The number of rotatable bonds is 3. The van der Waals surface area contributed by atoms with Gasteiger partial charge in [-0.3, -0.25) is 4.98 Å². The van der Waals surface area contributed by atoms with Crippen molar-refractivity contribution in [3.05, 3.63) is 70.2 Å². The van der Waals surface area contributed by atoms with Crippen LogP contribution in [0.3, 0.4) is 0 Å². The topological polar surface area (TPSA) is 17.3 Å². The van der Waals surface area contributed by atoms with Crippen LogP contribution in [0.25, 0.3) is 5.52 Å². The predicted molar refractivity (Wildman–Crippen MR) is 81.5 cm³/mol. The SMILES string of the molecule is Cc1cn2ccnc(CCc3ccccc3)c2c1Br. The summed E-state index contributed by atoms with van der Waals surface area (Å²) in [6.07, 6.45) is 7.98. The molecule has 1 aromatic carbocycles. The Morgan fingerprint density at radius 1 is 1.16 bits per heavy atom. The molecule has 2 heterocycles. The highest BCUT2D eigenvalue weighted by Crippen LogP contribution is 2.26. The summed E-state index contributed by atoms with van der Waals surface area (Å²) < 4.78 is 3.30. The van der Waals surface area contributed by atoms with E-state index in [1.165, 1.54) is 16.6 Å². The van der Waals surface area contributed by atoms with Crippen LogP contribution < -0.4 is 0 Å². The average Bonchev–Trinajstić information content (AvgIpc) is 2.74. The Kier molecular flexibility index (Phi) is 3.38. The molecule has 3 rings (SSSR count). The van der Waals surface area contributed by atoms with E-state index < -0.39 is 0 Å². The lowest BCUT2D eigenvalue weighted by Gasteiger charge is -2.05. The molecule has 0 spiro atoms. The van der Waals surface area contributed by atoms with Gasteiger partial charge in [0.2, 0.25) is 0 Å². The fourth-order valence-corrected chi connectivity index (χ4v) is 2.91. The number of aromatic nitrogens is 2. The fraction of sp³-hybridized carbons (Fsp3) is 0.188. The van der Waals surface area contributed by atoms with E-state index in [9.17, 15) is 0 Å². The maximum atomic E-state index is 4.55. The lowest BCUT2D eigenvalue weighted by Crippen LogP contribution is -1.98. The van der Waals surface area contributed by atoms with Crippen LogP contribution in [0.15, 0.2) is 53.4 Å². The summed E-state index contributed by atoms with van der Waals surface area (Å²) in [4.78, 5) is 4.55. The van der Waals surface area contributed by atoms with Crippen molar-refractivity contribution in [1.29, 1.82) is 0 Å². The molecule has 0 N–H and O–H groups in total. The molecule has 0 amide bonds. The lowest BCUT2D eigenvalue weighted by atomic mass is 10.1. The first-order chi connectivity index (χ1) is 9.25. The van der Waals surface area contributed by atoms with E-state index >= 15 is 0 Å². The molecule has 2 nitrogen and oxygen atoms in total. The Balaban J connectivity index is 1.93. The molecule has 0 unspecified atom stereocenters. The van der Waals surface area contributed by atoms with Crippen molar-refractivity contribution in [1.82, 2.24) is 9.38 Å². The van der Waals surface area contributed by atoms with E-state index in [0.29, 0.717) is 0 Å². The Bertz CT molecular complexity index is 701. The molecule has 0 radical (unpaired) electrons. The molecule has 3 heteroatoms. The highest BCUT2D eigenvalue weighted by atomic mass is 79.9. The molecule has 0 aliphatic heterocycles. The van der Waals surface area contributed by atoms with Gasteiger partial charge in [0.15, 0.2) is 0 Å². The normalized spacial score (nSPS) is 11.1. The van der Waals surface area contributed by atoms with Crippen LogP contribution >= 0.6 is 15.9 Å². The molecule has 0 atom stereocenters. The van der Waals surface area contributed by atoms with Crippen LogP contribution in [-0.2, 0) is 12.8 Å². The van der Waals surface area contributed by atoms with Gasteiger partial charge in [0.05, 0.1) is 11.2 Å². The lowest BCUT2D eigenvalue weighted by molar-refractivity contribution is 0.907. The fourth-order valence-electron chi connectivity index (χ4n) is 2.37. The van der Waals surface area contributed by atoms with Gasteiger partial charge in [-0.15, -0.1) is 0 Å². The number of hydrogen-bond donors (Lipinski definition) is 0. The molecule has 19 heavy (non-hydrogen) atoms. The minimum Gasteiger partial charge on any atom is -0.319 e. The van der Waals surface area contributed by atoms with Gasteiger partial charge in [-0.05, 0) is 46.8 Å². The van der Waals surface area contributed by atoms with Gasteiger partial charge in [-0.2, -0.15) is 0 Å². The third kappa shape index (κ3) is 2.43. The predicted octanol–water partition coefficient (Wildman–Crippen LogP) is 4.19. The molecule has 2 aromatic heterocycles. The maximum absolute atomic E-state index is 4.55. The van der Waals surface area contributed by atoms with Gasteiger partial charge in [0.1, 0.15) is 0 Å². The molecule has 96 valence electrons. The van der Waals surface area contributed by atoms with Crippen molar-refractivity contribution in [3.8, 4) is 0 Å². The van der Waals surface area contributed by atoms with Crippen LogP contribution in [0.1, 0.15) is 16.8 Å². The molecule has 0 saturated heterocycles. The van der Waals surface area contributed by atoms with Crippen molar-refractivity contribution in [3.63, 3.8) is 0 Å². The summed E-state index contributed by atoms with van der Waals surface area (Å²) in [7, 11) is 0. The number of fused-ring (bicyclic) bond motifs is 1. The Morgan fingerprint density at radius 2 is 1.95 bits per heavy atom. The Morgan fingerprint density at radius 3 is 2.74 bits per heavy atom. The number of hydrogen-bond acceptors (Lipinski definition) is 1. The first kappa shape index (κ1) is 12.4. The smallest absolute Gasteiger partial charge is 0.0813 e. The first-order valence-corrected chi connectivity index (χ1v) is 7.19. The average molecular weight is 315 g/mol. The molecule has 0 aliphatic rings. The number of halogens is 1. The van der Waals surface area contributed by atoms with Crippen molar-refractivity contribution < 1.29 is 0 Å². The first-order valence-electron chi connectivity index (χ1n) is 6.40. The summed E-state index contributed by atoms with van der Waals surface area (Å²) in [5, 5.41) is 0. The van der Waals surface area contributed by atoms with Crippen LogP contribution in [0.4, 0.5) is 0 Å². The molecule has 0 bridgehead atoms. The van der Waals surface area contributed by atoms with Crippen molar-refractivity contribution in [2.24, 2.45) is 0 Å². The second-order valence-corrected chi connectivity index (χ2v) is 5.53. The third-order valence-electron chi connectivity index (χ3n) is 3.37. The van der Waals surface area contributed by atoms with Gasteiger partial charge >= 0.3 is 0 Å². The van der Waals surface area contributed by atoms with Crippen LogP contribution in [0.2, 0.25) is 0 Å². The summed E-state index contributed by atoms with van der Waals surface area (Å²) >= 11 is 3.67. The number of aryl methyl sites for hydroxylation is 3. The Labute approximate surface area is 121 Å². The largest absolute Gasteiger partial charge is 0.319 e. The molecule has 0 aliphatic carbocycles. The van der Waals surface area contributed by atoms with Gasteiger partial charge < -0.3 is 4.40 Å². The highest BCUT2D eigenvalue weighted by molar-refractivity contribution is 9.10. The van der Waals surface area contributed by atoms with Crippen LogP contribution in [0.5, 0.6) is 0 Å². The monoisotopic (exact) mass is 314 g/mol. The van der Waals surface area contributed by atoms with Gasteiger partial charge in [-0.25, -0.2) is 0 Å². The van der Waals surface area contributed by atoms with Crippen LogP contribution in [-0.4, -0.2) is 9.38 Å². The standard InChI is InChI=1S/C16H15BrN2/c1-12-11-19-10-9-18-14(16(19)15(12)17)8-7-13-5-3-2-4-6-13/h2-6,9-11H,7-8H2,1H3. The van der Waals surface area contributed by atoms with Crippen LogP contribution in [0, 0.1) is 6.92 Å².